The van der Waals surface area contributed by atoms with Gasteiger partial charge in [0.25, 0.3) is 5.91 Å². The number of ether oxygens (including phenoxy) is 3. The van der Waals surface area contributed by atoms with E-state index in [9.17, 15) is 4.79 Å². The molecule has 1 aliphatic rings. The van der Waals surface area contributed by atoms with Crippen LogP contribution in [0.4, 0.5) is 0 Å². The van der Waals surface area contributed by atoms with E-state index in [1.807, 2.05) is 48.5 Å². The second-order valence-corrected chi connectivity index (χ2v) is 7.66. The highest BCUT2D eigenvalue weighted by molar-refractivity contribution is 6.00. The van der Waals surface area contributed by atoms with E-state index in [4.69, 9.17) is 19.3 Å². The summed E-state index contributed by atoms with van der Waals surface area (Å²) in [7, 11) is 1.64. The number of hydrazine groups is 1. The number of benzene rings is 2. The van der Waals surface area contributed by atoms with E-state index >= 15 is 0 Å². The number of hydrogen-bond donors (Lipinski definition) is 3. The summed E-state index contributed by atoms with van der Waals surface area (Å²) in [6.07, 6.45) is 3.32. The molecule has 0 radical (unpaired) electrons. The van der Waals surface area contributed by atoms with Crippen molar-refractivity contribution in [1.29, 1.82) is 0 Å². The molecule has 3 N–H and O–H groups in total. The third-order valence-electron chi connectivity index (χ3n) is 5.22. The molecule has 0 spiro atoms. The standard InChI is InChI=1S/C25H31N3O5/c1-3-13-25(24(30)28-26-14-12-19-6-4-7-22(17-19)31-2)18-33-23(27-25)20-8-10-21(11-9-20)32-16-5-15-29/h3-4,6-11,17,26,29H,1,5,12-16,18H2,2H3,(H,28,30)/t25-/m0/s1. The van der Waals surface area contributed by atoms with Gasteiger partial charge in [-0.3, -0.25) is 10.2 Å². The van der Waals surface area contributed by atoms with Crippen molar-refractivity contribution >= 4 is 11.8 Å². The highest BCUT2D eigenvalue weighted by Gasteiger charge is 2.43. The Kier molecular flexibility index (Phi) is 8.86. The minimum absolute atomic E-state index is 0.0893. The van der Waals surface area contributed by atoms with Gasteiger partial charge >= 0.3 is 0 Å². The Hall–Kier alpha value is -3.36. The van der Waals surface area contributed by atoms with Gasteiger partial charge in [-0.25, -0.2) is 10.4 Å². The van der Waals surface area contributed by atoms with Gasteiger partial charge in [0.1, 0.15) is 18.1 Å². The smallest absolute Gasteiger partial charge is 0.266 e. The fraction of sp³-hybridized carbons (Fsp3) is 0.360. The van der Waals surface area contributed by atoms with Gasteiger partial charge in [0.15, 0.2) is 5.54 Å². The maximum absolute atomic E-state index is 13.0. The number of aliphatic imine (C=N–C) groups is 1. The second-order valence-electron chi connectivity index (χ2n) is 7.66. The van der Waals surface area contributed by atoms with Gasteiger partial charge < -0.3 is 19.3 Å². The number of carbonyl (C=O) groups excluding carboxylic acids is 1. The van der Waals surface area contributed by atoms with Crippen LogP contribution in [0, 0.1) is 0 Å². The Morgan fingerprint density at radius 3 is 2.82 bits per heavy atom. The number of nitrogens with one attached hydrogen (secondary N) is 2. The number of methoxy groups -OCH3 is 1. The largest absolute Gasteiger partial charge is 0.497 e. The van der Waals surface area contributed by atoms with E-state index in [0.29, 0.717) is 37.6 Å². The number of nitrogens with zero attached hydrogens (tertiary/aromatic N) is 1. The van der Waals surface area contributed by atoms with Gasteiger partial charge in [-0.05, 0) is 48.4 Å². The van der Waals surface area contributed by atoms with Crippen molar-refractivity contribution in [1.82, 2.24) is 10.9 Å². The molecule has 2 aromatic carbocycles. The Bertz CT molecular complexity index is 961. The van der Waals surface area contributed by atoms with Crippen molar-refractivity contribution in [3.63, 3.8) is 0 Å². The zero-order valence-electron chi connectivity index (χ0n) is 18.9. The molecular formula is C25H31N3O5. The minimum atomic E-state index is -1.07. The molecule has 0 aliphatic carbocycles. The van der Waals surface area contributed by atoms with Gasteiger partial charge in [-0.15, -0.1) is 6.58 Å². The summed E-state index contributed by atoms with van der Waals surface area (Å²) in [5.74, 6) is 1.63. The summed E-state index contributed by atoms with van der Waals surface area (Å²) in [4.78, 5) is 17.6. The summed E-state index contributed by atoms with van der Waals surface area (Å²) in [5, 5.41) is 8.85. The summed E-state index contributed by atoms with van der Waals surface area (Å²) in [5.41, 5.74) is 6.53. The van der Waals surface area contributed by atoms with Crippen LogP contribution < -0.4 is 20.3 Å². The number of carbonyl (C=O) groups is 1. The zero-order valence-corrected chi connectivity index (χ0v) is 18.9. The molecule has 33 heavy (non-hydrogen) atoms. The van der Waals surface area contributed by atoms with E-state index in [1.165, 1.54) is 0 Å². The van der Waals surface area contributed by atoms with Crippen LogP contribution in [0.5, 0.6) is 11.5 Å². The van der Waals surface area contributed by atoms with Crippen molar-refractivity contribution in [3.8, 4) is 11.5 Å². The van der Waals surface area contributed by atoms with E-state index < -0.39 is 5.54 Å². The Labute approximate surface area is 194 Å². The lowest BCUT2D eigenvalue weighted by Gasteiger charge is -2.21. The van der Waals surface area contributed by atoms with Crippen molar-refractivity contribution < 1.29 is 24.1 Å². The molecule has 1 amide bonds. The van der Waals surface area contributed by atoms with Gasteiger partial charge in [0.05, 0.1) is 13.7 Å². The zero-order chi connectivity index (χ0) is 23.5. The molecular weight excluding hydrogens is 422 g/mol. The number of hydrogen-bond acceptors (Lipinski definition) is 7. The average molecular weight is 454 g/mol. The summed E-state index contributed by atoms with van der Waals surface area (Å²) in [6.45, 7) is 5.00. The SMILES string of the molecule is C=CC[C@@]1(C(=O)NNCCc2cccc(OC)c2)COC(c2ccc(OCCCO)cc2)=N1. The molecule has 8 heteroatoms. The van der Waals surface area contributed by atoms with Crippen LogP contribution >= 0.6 is 0 Å². The molecule has 1 atom stereocenters. The lowest BCUT2D eigenvalue weighted by atomic mass is 9.97. The van der Waals surface area contributed by atoms with E-state index in [0.717, 1.165) is 23.3 Å². The lowest BCUT2D eigenvalue weighted by molar-refractivity contribution is -0.127. The monoisotopic (exact) mass is 453 g/mol. The van der Waals surface area contributed by atoms with Gasteiger partial charge in [-0.2, -0.15) is 0 Å². The molecule has 1 heterocycles. The molecule has 0 unspecified atom stereocenters. The first kappa shape index (κ1) is 24.3. The topological polar surface area (TPSA) is 101 Å². The molecule has 0 bridgehead atoms. The van der Waals surface area contributed by atoms with Crippen LogP contribution in [-0.2, 0) is 16.0 Å². The van der Waals surface area contributed by atoms with Crippen molar-refractivity contribution in [2.45, 2.75) is 24.8 Å². The first-order valence-electron chi connectivity index (χ1n) is 10.9. The summed E-state index contributed by atoms with van der Waals surface area (Å²) < 4.78 is 16.6. The second kappa shape index (κ2) is 12.0. The number of aliphatic hydroxyl groups excluding tert-OH is 1. The molecule has 0 aromatic heterocycles. The Morgan fingerprint density at radius 1 is 1.27 bits per heavy atom. The van der Waals surface area contributed by atoms with Crippen LogP contribution in [0.15, 0.2) is 66.2 Å². The average Bonchev–Trinajstić information content (AvgIpc) is 3.28. The van der Waals surface area contributed by atoms with Crippen molar-refractivity contribution in [2.24, 2.45) is 4.99 Å². The molecule has 0 saturated heterocycles. The third kappa shape index (κ3) is 6.57. The van der Waals surface area contributed by atoms with Crippen molar-refractivity contribution in [3.05, 3.63) is 72.3 Å². The number of amides is 1. The first-order valence-corrected chi connectivity index (χ1v) is 10.9. The molecule has 8 nitrogen and oxygen atoms in total. The summed E-state index contributed by atoms with van der Waals surface area (Å²) >= 11 is 0. The quantitative estimate of drug-likeness (QED) is 0.245. The molecule has 1 aliphatic heterocycles. The van der Waals surface area contributed by atoms with E-state index in [2.05, 4.69) is 22.4 Å². The summed E-state index contributed by atoms with van der Waals surface area (Å²) in [6, 6.07) is 15.1. The Balaban J connectivity index is 1.58. The first-order chi connectivity index (χ1) is 16.1. The molecule has 2 aromatic rings. The van der Waals surface area contributed by atoms with Crippen LogP contribution in [0.2, 0.25) is 0 Å². The van der Waals surface area contributed by atoms with Gasteiger partial charge in [0.2, 0.25) is 5.90 Å². The van der Waals surface area contributed by atoms with Crippen LogP contribution in [0.25, 0.3) is 0 Å². The Morgan fingerprint density at radius 2 is 2.09 bits per heavy atom. The van der Waals surface area contributed by atoms with Gasteiger partial charge in [0, 0.05) is 31.6 Å². The fourth-order valence-electron chi connectivity index (χ4n) is 3.39. The molecule has 0 fully saturated rings. The highest BCUT2D eigenvalue weighted by atomic mass is 16.5. The van der Waals surface area contributed by atoms with Crippen molar-refractivity contribution in [2.75, 3.05) is 33.5 Å². The molecule has 3 rings (SSSR count). The fourth-order valence-corrected chi connectivity index (χ4v) is 3.39. The maximum atomic E-state index is 13.0. The third-order valence-corrected chi connectivity index (χ3v) is 5.22. The normalized spacial score (nSPS) is 17.1. The van der Waals surface area contributed by atoms with Crippen LogP contribution in [-0.4, -0.2) is 55.9 Å². The van der Waals surface area contributed by atoms with Crippen LogP contribution in [0.1, 0.15) is 24.0 Å². The maximum Gasteiger partial charge on any atom is 0.266 e. The lowest BCUT2D eigenvalue weighted by Crippen LogP contribution is -2.51. The molecule has 0 saturated carbocycles. The highest BCUT2D eigenvalue weighted by Crippen LogP contribution is 2.27. The van der Waals surface area contributed by atoms with E-state index in [-0.39, 0.29) is 19.1 Å². The molecule has 176 valence electrons. The van der Waals surface area contributed by atoms with Crippen LogP contribution in [0.3, 0.4) is 0 Å². The van der Waals surface area contributed by atoms with Gasteiger partial charge in [-0.1, -0.05) is 18.2 Å². The number of aliphatic hydroxyl groups is 1. The van der Waals surface area contributed by atoms with E-state index in [1.54, 1.807) is 13.2 Å². The predicted octanol–water partition coefficient (Wildman–Crippen LogP) is 2.41. The minimum Gasteiger partial charge on any atom is -0.497 e. The predicted molar refractivity (Wildman–Crippen MR) is 127 cm³/mol. The number of rotatable bonds is 13.